The van der Waals surface area contributed by atoms with E-state index >= 15 is 0 Å². The minimum absolute atomic E-state index is 0.00724. The highest BCUT2D eigenvalue weighted by atomic mass is 32.2. The molecule has 3 rings (SSSR count). The average molecular weight is 450 g/mol. The number of carbonyl (C=O) groups is 2. The first-order valence-electron chi connectivity index (χ1n) is 11.4. The Morgan fingerprint density at radius 3 is 2.32 bits per heavy atom. The number of nitrogens with zero attached hydrogens (tertiary/aromatic N) is 1. The summed E-state index contributed by atoms with van der Waals surface area (Å²) in [6, 6.07) is 4.08. The van der Waals surface area contributed by atoms with Gasteiger partial charge in [0.1, 0.15) is 6.04 Å². The molecule has 1 aromatic rings. The fraction of sp³-hybridized carbons (Fsp3) is 0.652. The third-order valence-electron chi connectivity index (χ3n) is 6.35. The number of rotatable bonds is 6. The molecule has 1 aliphatic carbocycles. The second-order valence-electron chi connectivity index (χ2n) is 9.27. The molecular formula is C23H35N3O4S. The lowest BCUT2D eigenvalue weighted by Crippen LogP contribution is -2.51. The van der Waals surface area contributed by atoms with Crippen molar-refractivity contribution in [3.63, 3.8) is 0 Å². The van der Waals surface area contributed by atoms with Crippen LogP contribution in [0.4, 0.5) is 5.69 Å². The second-order valence-corrected chi connectivity index (χ2v) is 11.0. The fourth-order valence-electron chi connectivity index (χ4n) is 4.70. The van der Waals surface area contributed by atoms with Gasteiger partial charge in [-0.2, -0.15) is 4.72 Å². The summed E-state index contributed by atoms with van der Waals surface area (Å²) in [4.78, 5) is 26.7. The van der Waals surface area contributed by atoms with E-state index in [1.165, 1.54) is 25.8 Å². The van der Waals surface area contributed by atoms with Gasteiger partial charge in [-0.3, -0.25) is 9.59 Å². The van der Waals surface area contributed by atoms with E-state index in [1.807, 2.05) is 20.8 Å². The minimum Gasteiger partial charge on any atom is -0.352 e. The molecule has 31 heavy (non-hydrogen) atoms. The first-order chi connectivity index (χ1) is 14.6. The highest BCUT2D eigenvalue weighted by Crippen LogP contribution is 2.34. The molecular weight excluding hydrogens is 414 g/mol. The summed E-state index contributed by atoms with van der Waals surface area (Å²) in [6.07, 6.45) is 7.04. The summed E-state index contributed by atoms with van der Waals surface area (Å²) >= 11 is 0. The van der Waals surface area contributed by atoms with Gasteiger partial charge < -0.3 is 10.2 Å². The molecule has 2 amide bonds. The third-order valence-corrected chi connectivity index (χ3v) is 7.79. The first kappa shape index (κ1) is 23.7. The van der Waals surface area contributed by atoms with Crippen LogP contribution in [-0.4, -0.2) is 38.4 Å². The van der Waals surface area contributed by atoms with E-state index in [1.54, 1.807) is 17.0 Å². The van der Waals surface area contributed by atoms with Crippen molar-refractivity contribution in [1.82, 2.24) is 10.0 Å². The lowest BCUT2D eigenvalue weighted by atomic mass is 10.0. The number of nitrogens with one attached hydrogen (secondary N) is 2. The smallest absolute Gasteiger partial charge is 0.241 e. The van der Waals surface area contributed by atoms with Crippen molar-refractivity contribution in [3.05, 3.63) is 23.8 Å². The maximum Gasteiger partial charge on any atom is 0.241 e. The molecule has 172 valence electrons. The number of fused-ring (bicyclic) bond motifs is 1. The lowest BCUT2D eigenvalue weighted by molar-refractivity contribution is -0.124. The lowest BCUT2D eigenvalue weighted by Gasteiger charge is -2.25. The van der Waals surface area contributed by atoms with Gasteiger partial charge in [0.15, 0.2) is 0 Å². The van der Waals surface area contributed by atoms with Crippen LogP contribution in [0.25, 0.3) is 0 Å². The van der Waals surface area contributed by atoms with Crippen molar-refractivity contribution >= 4 is 27.5 Å². The Hall–Kier alpha value is -1.93. The standard InChI is InChI=1S/C23H35N3O4S/c1-15(2)22(23(28)24-19-9-7-5-6-8-10-19)25-31(29,30)20-11-12-21-18(14-20)13-16(3)26(21)17(4)27/h11-12,14-16,19,22,25H,5-10,13H2,1-4H3,(H,24,28)/t16-,22-/m1/s1. The second kappa shape index (κ2) is 9.69. The van der Waals surface area contributed by atoms with Gasteiger partial charge in [-0.1, -0.05) is 39.5 Å². The molecule has 1 aromatic carbocycles. The van der Waals surface area contributed by atoms with Crippen molar-refractivity contribution in [2.45, 2.75) is 95.7 Å². The van der Waals surface area contributed by atoms with Gasteiger partial charge in [0, 0.05) is 24.7 Å². The van der Waals surface area contributed by atoms with Gasteiger partial charge >= 0.3 is 0 Å². The normalized spacial score (nSPS) is 20.9. The molecule has 8 heteroatoms. The van der Waals surface area contributed by atoms with Crippen LogP contribution in [-0.2, 0) is 26.0 Å². The molecule has 0 spiro atoms. The van der Waals surface area contributed by atoms with Crippen LogP contribution in [0.5, 0.6) is 0 Å². The number of hydrogen-bond acceptors (Lipinski definition) is 4. The predicted molar refractivity (Wildman–Crippen MR) is 121 cm³/mol. The molecule has 1 fully saturated rings. The molecule has 0 bridgehead atoms. The topological polar surface area (TPSA) is 95.6 Å². The number of amides is 2. The number of carbonyl (C=O) groups excluding carboxylic acids is 2. The number of anilines is 1. The molecule has 7 nitrogen and oxygen atoms in total. The van der Waals surface area contributed by atoms with Crippen LogP contribution in [0.1, 0.15) is 71.8 Å². The van der Waals surface area contributed by atoms with Crippen LogP contribution in [0.15, 0.2) is 23.1 Å². The van der Waals surface area contributed by atoms with E-state index in [2.05, 4.69) is 10.0 Å². The molecule has 0 radical (unpaired) electrons. The highest BCUT2D eigenvalue weighted by molar-refractivity contribution is 7.89. The third kappa shape index (κ3) is 5.47. The van der Waals surface area contributed by atoms with Gasteiger partial charge in [0.25, 0.3) is 0 Å². The summed E-state index contributed by atoms with van der Waals surface area (Å²) in [5.41, 5.74) is 1.58. The zero-order valence-electron chi connectivity index (χ0n) is 19.0. The van der Waals surface area contributed by atoms with E-state index in [9.17, 15) is 18.0 Å². The minimum atomic E-state index is -3.89. The molecule has 1 heterocycles. The van der Waals surface area contributed by atoms with Gasteiger partial charge in [-0.05, 0) is 55.9 Å². The Balaban J connectivity index is 1.77. The van der Waals surface area contributed by atoms with Crippen LogP contribution >= 0.6 is 0 Å². The zero-order chi connectivity index (χ0) is 22.8. The van der Waals surface area contributed by atoms with E-state index in [4.69, 9.17) is 0 Å². The van der Waals surface area contributed by atoms with Gasteiger partial charge in [0.05, 0.1) is 4.90 Å². The maximum absolute atomic E-state index is 13.1. The number of benzene rings is 1. The highest BCUT2D eigenvalue weighted by Gasteiger charge is 2.33. The maximum atomic E-state index is 13.1. The van der Waals surface area contributed by atoms with Crippen molar-refractivity contribution in [1.29, 1.82) is 0 Å². The first-order valence-corrected chi connectivity index (χ1v) is 12.8. The molecule has 0 aromatic heterocycles. The molecule has 2 atom stereocenters. The van der Waals surface area contributed by atoms with Crippen LogP contribution in [0.3, 0.4) is 0 Å². The predicted octanol–water partition coefficient (Wildman–Crippen LogP) is 3.13. The van der Waals surface area contributed by atoms with Crippen molar-refractivity contribution < 1.29 is 18.0 Å². The van der Waals surface area contributed by atoms with Gasteiger partial charge in [-0.15, -0.1) is 0 Å². The van der Waals surface area contributed by atoms with Gasteiger partial charge in [0.2, 0.25) is 21.8 Å². The fourth-order valence-corrected chi connectivity index (χ4v) is 6.09. The summed E-state index contributed by atoms with van der Waals surface area (Å²) in [5.74, 6) is -0.513. The van der Waals surface area contributed by atoms with Crippen molar-refractivity contribution in [2.75, 3.05) is 4.90 Å². The summed E-state index contributed by atoms with van der Waals surface area (Å²) < 4.78 is 28.9. The van der Waals surface area contributed by atoms with Crippen LogP contribution in [0.2, 0.25) is 0 Å². The number of hydrogen-bond donors (Lipinski definition) is 2. The molecule has 2 N–H and O–H groups in total. The molecule has 0 saturated heterocycles. The Morgan fingerprint density at radius 2 is 1.74 bits per heavy atom. The van der Waals surface area contributed by atoms with E-state index in [0.717, 1.165) is 36.9 Å². The Morgan fingerprint density at radius 1 is 1.10 bits per heavy atom. The SMILES string of the molecule is CC(=O)N1c2ccc(S(=O)(=O)N[C@@H](C(=O)NC3CCCCCC3)C(C)C)cc2C[C@H]1C. The van der Waals surface area contributed by atoms with E-state index in [-0.39, 0.29) is 34.7 Å². The quantitative estimate of drug-likeness (QED) is 0.652. The zero-order valence-corrected chi connectivity index (χ0v) is 19.8. The van der Waals surface area contributed by atoms with Crippen LogP contribution in [0, 0.1) is 5.92 Å². The summed E-state index contributed by atoms with van der Waals surface area (Å²) in [6.45, 7) is 7.14. The molecule has 1 saturated carbocycles. The largest absolute Gasteiger partial charge is 0.352 e. The molecule has 1 aliphatic heterocycles. The summed E-state index contributed by atoms with van der Waals surface area (Å²) in [5, 5.41) is 3.07. The van der Waals surface area contributed by atoms with Crippen LogP contribution < -0.4 is 14.9 Å². The summed E-state index contributed by atoms with van der Waals surface area (Å²) in [7, 11) is -3.89. The number of sulfonamides is 1. The van der Waals surface area contributed by atoms with E-state index in [0.29, 0.717) is 6.42 Å². The van der Waals surface area contributed by atoms with Crippen molar-refractivity contribution in [2.24, 2.45) is 5.92 Å². The Bertz CT molecular complexity index is 921. The Labute approximate surface area is 186 Å². The Kier molecular flexibility index (Phi) is 7.42. The molecule has 0 unspecified atom stereocenters. The van der Waals surface area contributed by atoms with Crippen molar-refractivity contribution in [3.8, 4) is 0 Å². The average Bonchev–Trinajstić information content (AvgIpc) is 2.83. The van der Waals surface area contributed by atoms with E-state index < -0.39 is 16.1 Å². The monoisotopic (exact) mass is 449 g/mol. The van der Waals surface area contributed by atoms with Gasteiger partial charge in [-0.25, -0.2) is 8.42 Å². The molecule has 2 aliphatic rings.